The summed E-state index contributed by atoms with van der Waals surface area (Å²) in [6.45, 7) is 1.68. The molecule has 1 unspecified atom stereocenters. The molecule has 134 valence electrons. The lowest BCUT2D eigenvalue weighted by atomic mass is 9.95. The fourth-order valence-electron chi connectivity index (χ4n) is 3.17. The van der Waals surface area contributed by atoms with Crippen LogP contribution in [0.15, 0.2) is 29.4 Å². The van der Waals surface area contributed by atoms with Crippen LogP contribution in [0.3, 0.4) is 0 Å². The standard InChI is InChI=1S/C18H23N3O3S/c1-12(17(22)23)25-18-20-19-16(13-8-10-15(24-2)11-9-13)21(18)14-6-4-3-5-7-14/h8-12,14H,3-7H2,1-2H3,(H,22,23). The van der Waals surface area contributed by atoms with Gasteiger partial charge in [-0.15, -0.1) is 10.2 Å². The first kappa shape index (κ1) is 17.8. The average Bonchev–Trinajstić information content (AvgIpc) is 3.06. The molecule has 1 aliphatic rings. The molecule has 1 N–H and O–H groups in total. The van der Waals surface area contributed by atoms with Crippen molar-refractivity contribution in [3.05, 3.63) is 24.3 Å². The van der Waals surface area contributed by atoms with Crippen LogP contribution in [0.5, 0.6) is 5.75 Å². The predicted octanol–water partition coefficient (Wildman–Crippen LogP) is 4.02. The molecule has 2 aromatic rings. The van der Waals surface area contributed by atoms with Gasteiger partial charge in [0.15, 0.2) is 11.0 Å². The number of hydrogen-bond acceptors (Lipinski definition) is 5. The topological polar surface area (TPSA) is 77.2 Å². The van der Waals surface area contributed by atoms with Gasteiger partial charge in [0.05, 0.1) is 7.11 Å². The number of thioether (sulfide) groups is 1. The second-order valence-electron chi connectivity index (χ2n) is 6.29. The molecule has 1 heterocycles. The number of carbonyl (C=O) groups is 1. The Hall–Kier alpha value is -2.02. The first-order chi connectivity index (χ1) is 12.1. The van der Waals surface area contributed by atoms with Gasteiger partial charge in [-0.2, -0.15) is 0 Å². The predicted molar refractivity (Wildman–Crippen MR) is 97.1 cm³/mol. The van der Waals surface area contributed by atoms with Crippen molar-refractivity contribution >= 4 is 17.7 Å². The maximum atomic E-state index is 11.2. The Morgan fingerprint density at radius 3 is 2.52 bits per heavy atom. The highest BCUT2D eigenvalue weighted by Crippen LogP contribution is 2.36. The molecule has 1 atom stereocenters. The molecule has 0 saturated heterocycles. The summed E-state index contributed by atoms with van der Waals surface area (Å²) in [5.74, 6) is 0.755. The van der Waals surface area contributed by atoms with Crippen LogP contribution < -0.4 is 4.74 Å². The lowest BCUT2D eigenvalue weighted by molar-refractivity contribution is -0.136. The molecule has 6 nitrogen and oxygen atoms in total. The van der Waals surface area contributed by atoms with E-state index in [0.29, 0.717) is 11.2 Å². The van der Waals surface area contributed by atoms with E-state index in [4.69, 9.17) is 4.74 Å². The van der Waals surface area contributed by atoms with E-state index in [1.165, 1.54) is 31.0 Å². The highest BCUT2D eigenvalue weighted by molar-refractivity contribution is 8.00. The van der Waals surface area contributed by atoms with E-state index in [1.807, 2.05) is 24.3 Å². The largest absolute Gasteiger partial charge is 0.497 e. The highest BCUT2D eigenvalue weighted by atomic mass is 32.2. The maximum Gasteiger partial charge on any atom is 0.316 e. The summed E-state index contributed by atoms with van der Waals surface area (Å²) in [6, 6.07) is 8.07. The zero-order valence-electron chi connectivity index (χ0n) is 14.5. The fourth-order valence-corrected chi connectivity index (χ4v) is 4.03. The molecule has 25 heavy (non-hydrogen) atoms. The highest BCUT2D eigenvalue weighted by Gasteiger charge is 2.26. The van der Waals surface area contributed by atoms with Crippen molar-refractivity contribution in [2.24, 2.45) is 0 Å². The van der Waals surface area contributed by atoms with Crippen LogP contribution in [0, 0.1) is 0 Å². The van der Waals surface area contributed by atoms with Crippen LogP contribution in [0.25, 0.3) is 11.4 Å². The number of carboxylic acids is 1. The van der Waals surface area contributed by atoms with Gasteiger partial charge in [-0.1, -0.05) is 31.0 Å². The minimum atomic E-state index is -0.839. The number of carboxylic acid groups (broad SMARTS) is 1. The number of benzene rings is 1. The van der Waals surface area contributed by atoms with Gasteiger partial charge in [0.25, 0.3) is 0 Å². The number of rotatable bonds is 6. The molecule has 0 radical (unpaired) electrons. The van der Waals surface area contributed by atoms with E-state index in [1.54, 1.807) is 14.0 Å². The lowest BCUT2D eigenvalue weighted by Gasteiger charge is -2.26. The summed E-state index contributed by atoms with van der Waals surface area (Å²) in [7, 11) is 1.64. The van der Waals surface area contributed by atoms with Crippen molar-refractivity contribution in [2.45, 2.75) is 55.5 Å². The zero-order chi connectivity index (χ0) is 17.8. The van der Waals surface area contributed by atoms with Crippen molar-refractivity contribution in [3.8, 4) is 17.1 Å². The molecule has 1 aromatic heterocycles. The monoisotopic (exact) mass is 361 g/mol. The lowest BCUT2D eigenvalue weighted by Crippen LogP contribution is -2.17. The Morgan fingerprint density at radius 1 is 1.24 bits per heavy atom. The number of ether oxygens (including phenoxy) is 1. The summed E-state index contributed by atoms with van der Waals surface area (Å²) >= 11 is 1.26. The van der Waals surface area contributed by atoms with E-state index < -0.39 is 11.2 Å². The van der Waals surface area contributed by atoms with Gasteiger partial charge in [-0.3, -0.25) is 9.36 Å². The quantitative estimate of drug-likeness (QED) is 0.783. The molecule has 7 heteroatoms. The third-order valence-electron chi connectivity index (χ3n) is 4.58. The number of aliphatic carboxylic acids is 1. The summed E-state index contributed by atoms with van der Waals surface area (Å²) in [5.41, 5.74) is 0.966. The molecule has 0 bridgehead atoms. The van der Waals surface area contributed by atoms with Gasteiger partial charge < -0.3 is 9.84 Å². The van der Waals surface area contributed by atoms with Gasteiger partial charge >= 0.3 is 5.97 Å². The second-order valence-corrected chi connectivity index (χ2v) is 7.60. The molecule has 1 aliphatic carbocycles. The number of nitrogens with zero attached hydrogens (tertiary/aromatic N) is 3. The Kier molecular flexibility index (Phi) is 5.63. The van der Waals surface area contributed by atoms with Gasteiger partial charge in [0.1, 0.15) is 11.0 Å². The van der Waals surface area contributed by atoms with E-state index >= 15 is 0 Å². The van der Waals surface area contributed by atoms with Gasteiger partial charge in [0, 0.05) is 11.6 Å². The van der Waals surface area contributed by atoms with Crippen LogP contribution in [-0.4, -0.2) is 38.2 Å². The van der Waals surface area contributed by atoms with Gasteiger partial charge in [0.2, 0.25) is 0 Å². The van der Waals surface area contributed by atoms with Crippen molar-refractivity contribution in [3.63, 3.8) is 0 Å². The van der Waals surface area contributed by atoms with Crippen LogP contribution in [0.2, 0.25) is 0 Å². The summed E-state index contributed by atoms with van der Waals surface area (Å²) < 4.78 is 7.37. The molecule has 0 spiro atoms. The smallest absolute Gasteiger partial charge is 0.316 e. The Morgan fingerprint density at radius 2 is 1.92 bits per heavy atom. The first-order valence-electron chi connectivity index (χ1n) is 8.59. The molecule has 3 rings (SSSR count). The normalized spacial score (nSPS) is 16.6. The molecule has 1 saturated carbocycles. The molecule has 0 amide bonds. The van der Waals surface area contributed by atoms with Crippen molar-refractivity contribution < 1.29 is 14.6 Å². The van der Waals surface area contributed by atoms with Crippen LogP contribution in [0.4, 0.5) is 0 Å². The molecule has 1 fully saturated rings. The summed E-state index contributed by atoms with van der Waals surface area (Å²) in [4.78, 5) is 11.2. The zero-order valence-corrected chi connectivity index (χ0v) is 15.3. The number of methoxy groups -OCH3 is 1. The van der Waals surface area contributed by atoms with Crippen molar-refractivity contribution in [2.75, 3.05) is 7.11 Å². The maximum absolute atomic E-state index is 11.2. The van der Waals surface area contributed by atoms with E-state index in [2.05, 4.69) is 14.8 Å². The third kappa shape index (κ3) is 3.98. The third-order valence-corrected chi connectivity index (χ3v) is 5.63. The first-order valence-corrected chi connectivity index (χ1v) is 9.47. The Bertz CT molecular complexity index is 724. The van der Waals surface area contributed by atoms with Crippen LogP contribution >= 0.6 is 11.8 Å². The molecule has 1 aromatic carbocycles. The van der Waals surface area contributed by atoms with Crippen LogP contribution in [0.1, 0.15) is 45.1 Å². The summed E-state index contributed by atoms with van der Waals surface area (Å²) in [5, 5.41) is 18.1. The van der Waals surface area contributed by atoms with E-state index in [9.17, 15) is 9.90 Å². The number of hydrogen-bond donors (Lipinski definition) is 1. The van der Waals surface area contributed by atoms with Gasteiger partial charge in [-0.25, -0.2) is 0 Å². The Labute approximate surface area is 151 Å². The minimum Gasteiger partial charge on any atom is -0.497 e. The fraction of sp³-hybridized carbons (Fsp3) is 0.500. The van der Waals surface area contributed by atoms with Crippen molar-refractivity contribution in [1.82, 2.24) is 14.8 Å². The molecular formula is C18H23N3O3S. The Balaban J connectivity index is 1.98. The van der Waals surface area contributed by atoms with Gasteiger partial charge in [-0.05, 0) is 44.0 Å². The molecular weight excluding hydrogens is 338 g/mol. The van der Waals surface area contributed by atoms with E-state index in [-0.39, 0.29) is 0 Å². The van der Waals surface area contributed by atoms with E-state index in [0.717, 1.165) is 30.0 Å². The minimum absolute atomic E-state index is 0.323. The second kappa shape index (κ2) is 7.91. The average molecular weight is 361 g/mol. The number of aromatic nitrogens is 3. The van der Waals surface area contributed by atoms with Crippen molar-refractivity contribution in [1.29, 1.82) is 0 Å². The molecule has 0 aliphatic heterocycles. The van der Waals surface area contributed by atoms with Crippen LogP contribution in [-0.2, 0) is 4.79 Å². The summed E-state index contributed by atoms with van der Waals surface area (Å²) in [6.07, 6.45) is 5.78. The SMILES string of the molecule is COc1ccc(-c2nnc(SC(C)C(=O)O)n2C2CCCCC2)cc1.